The van der Waals surface area contributed by atoms with E-state index in [9.17, 15) is 0 Å². The van der Waals surface area contributed by atoms with E-state index in [4.69, 9.17) is 0 Å². The van der Waals surface area contributed by atoms with Gasteiger partial charge < -0.3 is 4.90 Å². The topological polar surface area (TPSA) is 6.48 Å². The maximum Gasteiger partial charge on any atom is 0.0128 e. The van der Waals surface area contributed by atoms with E-state index < -0.39 is 0 Å². The standard InChI is InChI=1S/C11H26N2/c1-10(2)13(11(3,4)5)9-8-12(6)7/h10H,8-9H2,1-7H3. The predicted octanol–water partition coefficient (Wildman–Crippen LogP) is 2.06. The van der Waals surface area contributed by atoms with Gasteiger partial charge in [-0.1, -0.05) is 0 Å². The zero-order valence-electron chi connectivity index (χ0n) is 10.4. The Hall–Kier alpha value is -0.0800. The van der Waals surface area contributed by atoms with E-state index in [1.54, 1.807) is 0 Å². The molecule has 0 heterocycles. The molecule has 0 amide bonds. The van der Waals surface area contributed by atoms with Crippen molar-refractivity contribution in [3.05, 3.63) is 0 Å². The van der Waals surface area contributed by atoms with Crippen molar-refractivity contribution in [1.82, 2.24) is 9.80 Å². The fraction of sp³-hybridized carbons (Fsp3) is 1.00. The van der Waals surface area contributed by atoms with Gasteiger partial charge in [0.2, 0.25) is 0 Å². The molecule has 0 unspecified atom stereocenters. The lowest BCUT2D eigenvalue weighted by Crippen LogP contribution is -2.48. The van der Waals surface area contributed by atoms with Crippen LogP contribution in [-0.2, 0) is 0 Å². The van der Waals surface area contributed by atoms with E-state index >= 15 is 0 Å². The Kier molecular flexibility index (Phi) is 4.93. The molecule has 0 saturated carbocycles. The summed E-state index contributed by atoms with van der Waals surface area (Å²) in [7, 11) is 4.25. The Morgan fingerprint density at radius 2 is 1.46 bits per heavy atom. The van der Waals surface area contributed by atoms with Crippen LogP contribution in [0.4, 0.5) is 0 Å². The van der Waals surface area contributed by atoms with Gasteiger partial charge in [0.05, 0.1) is 0 Å². The number of hydrogen-bond acceptors (Lipinski definition) is 2. The Labute approximate surface area is 83.9 Å². The zero-order chi connectivity index (χ0) is 10.6. The van der Waals surface area contributed by atoms with Gasteiger partial charge in [0.1, 0.15) is 0 Å². The highest BCUT2D eigenvalue weighted by Gasteiger charge is 2.23. The molecule has 80 valence electrons. The van der Waals surface area contributed by atoms with Crippen LogP contribution in [0.5, 0.6) is 0 Å². The molecule has 0 atom stereocenters. The van der Waals surface area contributed by atoms with Crippen LogP contribution in [0.25, 0.3) is 0 Å². The van der Waals surface area contributed by atoms with E-state index in [0.717, 1.165) is 13.1 Å². The molecule has 0 N–H and O–H groups in total. The molecule has 0 fully saturated rings. The van der Waals surface area contributed by atoms with Crippen molar-refractivity contribution in [3.8, 4) is 0 Å². The average molecular weight is 186 g/mol. The SMILES string of the molecule is CC(C)N(CCN(C)C)C(C)(C)C. The summed E-state index contributed by atoms with van der Waals surface area (Å²) in [4.78, 5) is 4.77. The van der Waals surface area contributed by atoms with Gasteiger partial charge in [-0.05, 0) is 48.7 Å². The van der Waals surface area contributed by atoms with Gasteiger partial charge in [0.15, 0.2) is 0 Å². The molecule has 0 aliphatic heterocycles. The molecule has 0 saturated heterocycles. The van der Waals surface area contributed by atoms with Crippen molar-refractivity contribution in [2.45, 2.75) is 46.2 Å². The van der Waals surface area contributed by atoms with Crippen LogP contribution in [0.15, 0.2) is 0 Å². The highest BCUT2D eigenvalue weighted by molar-refractivity contribution is 4.79. The quantitative estimate of drug-likeness (QED) is 0.663. The first-order valence-electron chi connectivity index (χ1n) is 5.16. The van der Waals surface area contributed by atoms with Crippen LogP contribution >= 0.6 is 0 Å². The predicted molar refractivity (Wildman–Crippen MR) is 60.1 cm³/mol. The van der Waals surface area contributed by atoms with Gasteiger partial charge >= 0.3 is 0 Å². The Bertz CT molecular complexity index is 134. The van der Waals surface area contributed by atoms with Gasteiger partial charge in [-0.3, -0.25) is 4.90 Å². The molecule has 0 aromatic rings. The van der Waals surface area contributed by atoms with E-state index in [2.05, 4.69) is 58.5 Å². The van der Waals surface area contributed by atoms with Crippen LogP contribution in [0.1, 0.15) is 34.6 Å². The van der Waals surface area contributed by atoms with Crippen LogP contribution in [0, 0.1) is 0 Å². The summed E-state index contributed by atoms with van der Waals surface area (Å²) in [5.74, 6) is 0. The number of likely N-dealkylation sites (N-methyl/N-ethyl adjacent to an activating group) is 1. The molecular weight excluding hydrogens is 160 g/mol. The molecule has 0 rings (SSSR count). The largest absolute Gasteiger partial charge is 0.308 e. The Morgan fingerprint density at radius 1 is 1.00 bits per heavy atom. The second kappa shape index (κ2) is 4.97. The fourth-order valence-electron chi connectivity index (χ4n) is 1.68. The van der Waals surface area contributed by atoms with Crippen LogP contribution in [0.3, 0.4) is 0 Å². The van der Waals surface area contributed by atoms with Crippen molar-refractivity contribution >= 4 is 0 Å². The van der Waals surface area contributed by atoms with E-state index in [0.29, 0.717) is 6.04 Å². The summed E-state index contributed by atoms with van der Waals surface area (Å²) in [5, 5.41) is 0. The maximum absolute atomic E-state index is 2.53. The summed E-state index contributed by atoms with van der Waals surface area (Å²) in [6.07, 6.45) is 0. The lowest BCUT2D eigenvalue weighted by atomic mass is 10.0. The minimum atomic E-state index is 0.282. The first-order valence-corrected chi connectivity index (χ1v) is 5.16. The minimum absolute atomic E-state index is 0.282. The molecule has 0 spiro atoms. The first-order chi connectivity index (χ1) is 5.75. The Morgan fingerprint density at radius 3 is 1.69 bits per heavy atom. The number of nitrogens with zero attached hydrogens (tertiary/aromatic N) is 2. The second-order valence-corrected chi connectivity index (χ2v) is 5.26. The van der Waals surface area contributed by atoms with Crippen molar-refractivity contribution in [2.24, 2.45) is 0 Å². The molecule has 0 aromatic carbocycles. The molecule has 0 bridgehead atoms. The highest BCUT2D eigenvalue weighted by atomic mass is 15.2. The van der Waals surface area contributed by atoms with Gasteiger partial charge in [0.25, 0.3) is 0 Å². The monoisotopic (exact) mass is 186 g/mol. The van der Waals surface area contributed by atoms with E-state index in [-0.39, 0.29) is 5.54 Å². The third-order valence-corrected chi connectivity index (χ3v) is 2.27. The van der Waals surface area contributed by atoms with Crippen LogP contribution < -0.4 is 0 Å². The van der Waals surface area contributed by atoms with E-state index in [1.165, 1.54) is 0 Å². The first kappa shape index (κ1) is 12.9. The molecule has 0 aromatic heterocycles. The molecule has 0 aliphatic rings. The summed E-state index contributed by atoms with van der Waals surface area (Å²) < 4.78 is 0. The van der Waals surface area contributed by atoms with Crippen LogP contribution in [0.2, 0.25) is 0 Å². The fourth-order valence-corrected chi connectivity index (χ4v) is 1.68. The zero-order valence-corrected chi connectivity index (χ0v) is 10.4. The average Bonchev–Trinajstić information content (AvgIpc) is 1.81. The molecule has 2 nitrogen and oxygen atoms in total. The highest BCUT2D eigenvalue weighted by Crippen LogP contribution is 2.15. The lowest BCUT2D eigenvalue weighted by Gasteiger charge is -2.39. The van der Waals surface area contributed by atoms with Crippen molar-refractivity contribution in [3.63, 3.8) is 0 Å². The molecule has 2 heteroatoms. The van der Waals surface area contributed by atoms with Crippen molar-refractivity contribution < 1.29 is 0 Å². The molecule has 13 heavy (non-hydrogen) atoms. The van der Waals surface area contributed by atoms with Crippen molar-refractivity contribution in [2.75, 3.05) is 27.2 Å². The second-order valence-electron chi connectivity index (χ2n) is 5.26. The molecule has 0 aliphatic carbocycles. The van der Waals surface area contributed by atoms with Crippen molar-refractivity contribution in [1.29, 1.82) is 0 Å². The lowest BCUT2D eigenvalue weighted by molar-refractivity contribution is 0.0902. The maximum atomic E-state index is 2.53. The third kappa shape index (κ3) is 5.27. The Balaban J connectivity index is 4.12. The smallest absolute Gasteiger partial charge is 0.0128 e. The normalized spacial score (nSPS) is 13.4. The van der Waals surface area contributed by atoms with Gasteiger partial charge in [-0.15, -0.1) is 0 Å². The third-order valence-electron chi connectivity index (χ3n) is 2.27. The summed E-state index contributed by atoms with van der Waals surface area (Å²) >= 11 is 0. The van der Waals surface area contributed by atoms with E-state index in [1.807, 2.05) is 0 Å². The number of rotatable bonds is 4. The summed E-state index contributed by atoms with van der Waals surface area (Å²) in [5.41, 5.74) is 0.282. The van der Waals surface area contributed by atoms with Gasteiger partial charge in [0, 0.05) is 24.7 Å². The summed E-state index contributed by atoms with van der Waals surface area (Å²) in [6.45, 7) is 13.7. The minimum Gasteiger partial charge on any atom is -0.308 e. The molecule has 0 radical (unpaired) electrons. The summed E-state index contributed by atoms with van der Waals surface area (Å²) in [6, 6.07) is 0.625. The molecular formula is C11H26N2. The van der Waals surface area contributed by atoms with Gasteiger partial charge in [-0.25, -0.2) is 0 Å². The van der Waals surface area contributed by atoms with Crippen LogP contribution in [-0.4, -0.2) is 48.6 Å². The van der Waals surface area contributed by atoms with Gasteiger partial charge in [-0.2, -0.15) is 0 Å². The number of hydrogen-bond donors (Lipinski definition) is 0.